The van der Waals surface area contributed by atoms with E-state index in [1.807, 2.05) is 29.9 Å². The number of aromatic nitrogens is 1. The van der Waals surface area contributed by atoms with Gasteiger partial charge in [0, 0.05) is 24.1 Å². The van der Waals surface area contributed by atoms with Crippen LogP contribution >= 0.6 is 31.9 Å². The molecule has 4 heteroatoms. The molecular weight excluding hydrogens is 344 g/mol. The van der Waals surface area contributed by atoms with Gasteiger partial charge in [-0.2, -0.15) is 5.26 Å². The van der Waals surface area contributed by atoms with Crippen molar-refractivity contribution in [3.05, 3.63) is 46.2 Å². The Kier molecular flexibility index (Phi) is 3.70. The van der Waals surface area contributed by atoms with E-state index in [-0.39, 0.29) is 0 Å². The average Bonchev–Trinajstić information content (AvgIpc) is 2.65. The van der Waals surface area contributed by atoms with Crippen molar-refractivity contribution in [2.45, 2.75) is 5.33 Å². The zero-order chi connectivity index (χ0) is 12.4. The van der Waals surface area contributed by atoms with Crippen LogP contribution in [0.25, 0.3) is 11.1 Å². The first kappa shape index (κ1) is 12.4. The van der Waals surface area contributed by atoms with E-state index in [1.54, 1.807) is 0 Å². The summed E-state index contributed by atoms with van der Waals surface area (Å²) in [5, 5.41) is 10.0. The summed E-state index contributed by atoms with van der Waals surface area (Å²) in [6, 6.07) is 10.4. The Labute approximate surface area is 117 Å². The lowest BCUT2D eigenvalue weighted by atomic mass is 10.0. The highest BCUT2D eigenvalue weighted by Gasteiger charge is 2.12. The highest BCUT2D eigenvalue weighted by Crippen LogP contribution is 2.30. The van der Waals surface area contributed by atoms with Crippen molar-refractivity contribution in [3.63, 3.8) is 0 Å². The molecule has 0 atom stereocenters. The molecule has 0 amide bonds. The summed E-state index contributed by atoms with van der Waals surface area (Å²) >= 11 is 6.84. The van der Waals surface area contributed by atoms with Crippen molar-refractivity contribution in [3.8, 4) is 17.2 Å². The van der Waals surface area contributed by atoms with Gasteiger partial charge in [-0.1, -0.05) is 40.2 Å². The fraction of sp³-hybridized carbons (Fsp3) is 0.154. The number of nitriles is 1. The molecule has 0 radical (unpaired) electrons. The van der Waals surface area contributed by atoms with Gasteiger partial charge in [-0.3, -0.25) is 0 Å². The Balaban J connectivity index is 2.53. The minimum absolute atomic E-state index is 0.680. The van der Waals surface area contributed by atoms with E-state index in [0.29, 0.717) is 5.56 Å². The molecule has 17 heavy (non-hydrogen) atoms. The van der Waals surface area contributed by atoms with Crippen LogP contribution in [-0.2, 0) is 12.4 Å². The SMILES string of the molecule is Cn1cc(-c2ccc(CBr)cc2)c(C#N)c1Br. The second-order valence-electron chi connectivity index (χ2n) is 3.76. The number of benzene rings is 1. The Hall–Kier alpha value is -1.05. The third-order valence-corrected chi connectivity index (χ3v) is 4.24. The molecule has 0 saturated heterocycles. The monoisotopic (exact) mass is 352 g/mol. The highest BCUT2D eigenvalue weighted by molar-refractivity contribution is 9.10. The first-order valence-electron chi connectivity index (χ1n) is 5.07. The van der Waals surface area contributed by atoms with Gasteiger partial charge in [0.25, 0.3) is 0 Å². The molecule has 2 aromatic rings. The molecule has 0 spiro atoms. The average molecular weight is 354 g/mol. The van der Waals surface area contributed by atoms with Crippen LogP contribution in [-0.4, -0.2) is 4.57 Å². The van der Waals surface area contributed by atoms with Crippen LogP contribution in [0.3, 0.4) is 0 Å². The van der Waals surface area contributed by atoms with Crippen LogP contribution in [0, 0.1) is 11.3 Å². The predicted octanol–water partition coefficient (Wildman–Crippen LogP) is 4.22. The van der Waals surface area contributed by atoms with E-state index in [2.05, 4.69) is 50.1 Å². The first-order valence-corrected chi connectivity index (χ1v) is 6.99. The summed E-state index contributed by atoms with van der Waals surface area (Å²) < 4.78 is 2.73. The summed E-state index contributed by atoms with van der Waals surface area (Å²) in [6.07, 6.45) is 1.96. The van der Waals surface area contributed by atoms with Gasteiger partial charge in [-0.05, 0) is 27.1 Å². The molecule has 0 saturated carbocycles. The van der Waals surface area contributed by atoms with Gasteiger partial charge < -0.3 is 4.57 Å². The van der Waals surface area contributed by atoms with Crippen molar-refractivity contribution in [2.24, 2.45) is 7.05 Å². The number of hydrogen-bond donors (Lipinski definition) is 0. The van der Waals surface area contributed by atoms with Crippen LogP contribution < -0.4 is 0 Å². The van der Waals surface area contributed by atoms with E-state index in [0.717, 1.165) is 21.1 Å². The van der Waals surface area contributed by atoms with Gasteiger partial charge >= 0.3 is 0 Å². The maximum Gasteiger partial charge on any atom is 0.103 e. The van der Waals surface area contributed by atoms with Gasteiger partial charge in [-0.15, -0.1) is 0 Å². The first-order chi connectivity index (χ1) is 8.17. The molecule has 0 N–H and O–H groups in total. The number of nitrogens with zero attached hydrogens (tertiary/aromatic N) is 2. The van der Waals surface area contributed by atoms with Crippen LogP contribution in [0.1, 0.15) is 11.1 Å². The van der Waals surface area contributed by atoms with Crippen molar-refractivity contribution in [1.29, 1.82) is 5.26 Å². The van der Waals surface area contributed by atoms with E-state index in [9.17, 15) is 5.26 Å². The Morgan fingerprint density at radius 1 is 1.29 bits per heavy atom. The van der Waals surface area contributed by atoms with Crippen molar-refractivity contribution in [2.75, 3.05) is 0 Å². The second-order valence-corrected chi connectivity index (χ2v) is 5.07. The molecule has 0 fully saturated rings. The van der Waals surface area contributed by atoms with E-state index in [4.69, 9.17) is 0 Å². The summed E-state index contributed by atoms with van der Waals surface area (Å²) in [4.78, 5) is 0. The summed E-state index contributed by atoms with van der Waals surface area (Å²) in [7, 11) is 1.92. The third-order valence-electron chi connectivity index (χ3n) is 2.64. The fourth-order valence-electron chi connectivity index (χ4n) is 1.70. The lowest BCUT2D eigenvalue weighted by Gasteiger charge is -2.00. The molecule has 1 aromatic carbocycles. The zero-order valence-corrected chi connectivity index (χ0v) is 12.4. The molecule has 0 aliphatic rings. The zero-order valence-electron chi connectivity index (χ0n) is 9.24. The van der Waals surface area contributed by atoms with Crippen LogP contribution in [0.5, 0.6) is 0 Å². The quantitative estimate of drug-likeness (QED) is 0.743. The molecule has 2 nitrogen and oxygen atoms in total. The van der Waals surface area contributed by atoms with E-state index < -0.39 is 0 Å². The Morgan fingerprint density at radius 3 is 2.47 bits per heavy atom. The number of hydrogen-bond acceptors (Lipinski definition) is 1. The van der Waals surface area contributed by atoms with Gasteiger partial charge in [-0.25, -0.2) is 0 Å². The molecular formula is C13H10Br2N2. The summed E-state index contributed by atoms with van der Waals surface area (Å²) in [5.74, 6) is 0. The molecule has 1 aromatic heterocycles. The molecule has 0 unspecified atom stereocenters. The third kappa shape index (κ3) is 2.31. The van der Waals surface area contributed by atoms with Gasteiger partial charge in [0.2, 0.25) is 0 Å². The van der Waals surface area contributed by atoms with Gasteiger partial charge in [0.1, 0.15) is 10.7 Å². The number of aryl methyl sites for hydroxylation is 1. The summed E-state index contributed by atoms with van der Waals surface area (Å²) in [6.45, 7) is 0. The number of rotatable bonds is 2. The maximum absolute atomic E-state index is 9.17. The topological polar surface area (TPSA) is 28.7 Å². The molecule has 1 heterocycles. The van der Waals surface area contributed by atoms with Crippen LogP contribution in [0.15, 0.2) is 35.1 Å². The fourth-order valence-corrected chi connectivity index (χ4v) is 2.48. The molecule has 86 valence electrons. The molecule has 2 rings (SSSR count). The van der Waals surface area contributed by atoms with Crippen molar-refractivity contribution < 1.29 is 0 Å². The van der Waals surface area contributed by atoms with Gasteiger partial charge in [0.05, 0.1) is 5.56 Å². The minimum atomic E-state index is 0.680. The van der Waals surface area contributed by atoms with Crippen molar-refractivity contribution >= 4 is 31.9 Å². The standard InChI is InChI=1S/C13H10Br2N2/c1-17-8-12(11(7-16)13(17)15)10-4-2-9(6-14)3-5-10/h2-5,8H,6H2,1H3. The summed E-state index contributed by atoms with van der Waals surface area (Å²) in [5.41, 5.74) is 3.93. The molecule has 0 bridgehead atoms. The lowest BCUT2D eigenvalue weighted by molar-refractivity contribution is 0.900. The largest absolute Gasteiger partial charge is 0.344 e. The second kappa shape index (κ2) is 5.07. The number of alkyl halides is 1. The van der Waals surface area contributed by atoms with Gasteiger partial charge in [0.15, 0.2) is 0 Å². The van der Waals surface area contributed by atoms with Crippen molar-refractivity contribution in [1.82, 2.24) is 4.57 Å². The van der Waals surface area contributed by atoms with E-state index in [1.165, 1.54) is 5.56 Å². The minimum Gasteiger partial charge on any atom is -0.344 e. The highest BCUT2D eigenvalue weighted by atomic mass is 79.9. The number of halogens is 2. The lowest BCUT2D eigenvalue weighted by Crippen LogP contribution is -1.83. The van der Waals surface area contributed by atoms with Crippen LogP contribution in [0.4, 0.5) is 0 Å². The normalized spacial score (nSPS) is 10.2. The molecule has 0 aliphatic carbocycles. The van der Waals surface area contributed by atoms with Crippen LogP contribution in [0.2, 0.25) is 0 Å². The Bertz CT molecular complexity index is 577. The maximum atomic E-state index is 9.17. The smallest absolute Gasteiger partial charge is 0.103 e. The van der Waals surface area contributed by atoms with E-state index >= 15 is 0 Å². The molecule has 0 aliphatic heterocycles. The predicted molar refractivity (Wildman–Crippen MR) is 75.9 cm³/mol. The Morgan fingerprint density at radius 2 is 1.94 bits per heavy atom.